The summed E-state index contributed by atoms with van der Waals surface area (Å²) in [4.78, 5) is 0. The van der Waals surface area contributed by atoms with Crippen molar-refractivity contribution < 1.29 is 4.74 Å². The van der Waals surface area contributed by atoms with Crippen molar-refractivity contribution in [3.8, 4) is 0 Å². The molecule has 1 aliphatic rings. The van der Waals surface area contributed by atoms with Gasteiger partial charge in [-0.1, -0.05) is 19.2 Å². The van der Waals surface area contributed by atoms with Gasteiger partial charge >= 0.3 is 0 Å². The second kappa shape index (κ2) is 2.74. The van der Waals surface area contributed by atoms with Gasteiger partial charge in [-0.25, -0.2) is 0 Å². The molecule has 0 aromatic heterocycles. The first-order chi connectivity index (χ1) is 4.75. The number of allylic oxidation sites excluding steroid dienone is 2. The fraction of sp³-hybridized carbons (Fsp3) is 0.333. The lowest BCUT2D eigenvalue weighted by Crippen LogP contribution is -1.85. The Morgan fingerprint density at radius 2 is 2.40 bits per heavy atom. The van der Waals surface area contributed by atoms with E-state index in [-0.39, 0.29) is 0 Å². The van der Waals surface area contributed by atoms with Crippen molar-refractivity contribution in [1.29, 1.82) is 0 Å². The highest BCUT2D eigenvalue weighted by atomic mass is 16.5. The van der Waals surface area contributed by atoms with Gasteiger partial charge in [-0.2, -0.15) is 0 Å². The summed E-state index contributed by atoms with van der Waals surface area (Å²) in [5.74, 6) is 0.940. The Morgan fingerprint density at radius 3 is 2.80 bits per heavy atom. The average Bonchev–Trinajstić information content (AvgIpc) is 2.33. The topological polar surface area (TPSA) is 9.23 Å². The minimum Gasteiger partial charge on any atom is -0.493 e. The van der Waals surface area contributed by atoms with E-state index in [9.17, 15) is 0 Å². The molecule has 0 saturated carbocycles. The molecule has 0 aliphatic carbocycles. The maximum atomic E-state index is 5.33. The summed E-state index contributed by atoms with van der Waals surface area (Å²) in [6.45, 7) is 10.2. The summed E-state index contributed by atoms with van der Waals surface area (Å²) < 4.78 is 5.33. The van der Waals surface area contributed by atoms with E-state index in [1.807, 2.05) is 13.0 Å². The highest BCUT2D eigenvalue weighted by molar-refractivity contribution is 5.34. The molecule has 0 atom stereocenters. The van der Waals surface area contributed by atoms with Crippen molar-refractivity contribution in [2.24, 2.45) is 0 Å². The fourth-order valence-corrected chi connectivity index (χ4v) is 1.06. The summed E-state index contributed by atoms with van der Waals surface area (Å²) in [6.07, 6.45) is 2.82. The fourth-order valence-electron chi connectivity index (χ4n) is 1.06. The molecule has 0 radical (unpaired) electrons. The van der Waals surface area contributed by atoms with Gasteiger partial charge in [-0.3, -0.25) is 0 Å². The second-order valence-electron chi connectivity index (χ2n) is 2.44. The molecule has 54 valence electrons. The predicted molar refractivity (Wildman–Crippen MR) is 42.6 cm³/mol. The van der Waals surface area contributed by atoms with E-state index in [4.69, 9.17) is 4.74 Å². The van der Waals surface area contributed by atoms with Crippen LogP contribution >= 0.6 is 0 Å². The van der Waals surface area contributed by atoms with Crippen LogP contribution in [0.4, 0.5) is 0 Å². The molecule has 0 bridgehead atoms. The van der Waals surface area contributed by atoms with E-state index in [1.165, 1.54) is 5.57 Å². The summed E-state index contributed by atoms with van der Waals surface area (Å²) >= 11 is 0. The van der Waals surface area contributed by atoms with Crippen LogP contribution in [0, 0.1) is 0 Å². The summed E-state index contributed by atoms with van der Waals surface area (Å²) in [7, 11) is 0. The normalized spacial score (nSPS) is 16.9. The van der Waals surface area contributed by atoms with Crippen LogP contribution in [-0.2, 0) is 4.74 Å². The lowest BCUT2D eigenvalue weighted by atomic mass is 10.1. The number of hydrogen-bond donors (Lipinski definition) is 0. The molecule has 1 heterocycles. The van der Waals surface area contributed by atoms with E-state index in [2.05, 4.69) is 13.2 Å². The molecule has 0 amide bonds. The standard InChI is InChI=1S/C9H12O/c1-4-8-5-6-10-9(8)7(2)3/h4H,1-2,5-6H2,3H3. The maximum Gasteiger partial charge on any atom is 0.124 e. The van der Waals surface area contributed by atoms with Crippen LogP contribution in [0.3, 0.4) is 0 Å². The van der Waals surface area contributed by atoms with Crippen LogP contribution in [0.5, 0.6) is 0 Å². The minimum absolute atomic E-state index is 0.781. The van der Waals surface area contributed by atoms with Crippen LogP contribution in [0.25, 0.3) is 0 Å². The molecule has 0 aromatic rings. The first kappa shape index (κ1) is 7.13. The van der Waals surface area contributed by atoms with E-state index in [0.717, 1.165) is 24.4 Å². The largest absolute Gasteiger partial charge is 0.493 e. The Bertz CT molecular complexity index is 199. The zero-order valence-corrected chi connectivity index (χ0v) is 6.31. The van der Waals surface area contributed by atoms with E-state index >= 15 is 0 Å². The zero-order valence-electron chi connectivity index (χ0n) is 6.31. The Kier molecular flexibility index (Phi) is 1.95. The van der Waals surface area contributed by atoms with Gasteiger partial charge in [-0.15, -0.1) is 0 Å². The van der Waals surface area contributed by atoms with Crippen molar-refractivity contribution in [1.82, 2.24) is 0 Å². The third kappa shape index (κ3) is 1.13. The molecule has 1 aliphatic heterocycles. The van der Waals surface area contributed by atoms with Gasteiger partial charge in [0.05, 0.1) is 6.61 Å². The monoisotopic (exact) mass is 136 g/mol. The van der Waals surface area contributed by atoms with E-state index in [1.54, 1.807) is 0 Å². The molecule has 10 heavy (non-hydrogen) atoms. The lowest BCUT2D eigenvalue weighted by Gasteiger charge is -2.01. The van der Waals surface area contributed by atoms with Gasteiger partial charge in [0.2, 0.25) is 0 Å². The average molecular weight is 136 g/mol. The zero-order chi connectivity index (χ0) is 7.56. The van der Waals surface area contributed by atoms with Crippen LogP contribution < -0.4 is 0 Å². The van der Waals surface area contributed by atoms with Gasteiger partial charge in [0.15, 0.2) is 0 Å². The van der Waals surface area contributed by atoms with Crippen molar-refractivity contribution in [3.63, 3.8) is 0 Å². The van der Waals surface area contributed by atoms with Gasteiger partial charge in [0.1, 0.15) is 5.76 Å². The van der Waals surface area contributed by atoms with Gasteiger partial charge in [0, 0.05) is 6.42 Å². The highest BCUT2D eigenvalue weighted by Crippen LogP contribution is 2.24. The molecule has 0 N–H and O–H groups in total. The minimum atomic E-state index is 0.781. The Morgan fingerprint density at radius 1 is 1.70 bits per heavy atom. The van der Waals surface area contributed by atoms with Crippen LogP contribution in [0.15, 0.2) is 36.1 Å². The smallest absolute Gasteiger partial charge is 0.124 e. The van der Waals surface area contributed by atoms with Crippen molar-refractivity contribution in [3.05, 3.63) is 36.1 Å². The predicted octanol–water partition coefficient (Wildman–Crippen LogP) is 2.42. The summed E-state index contributed by atoms with van der Waals surface area (Å²) in [5, 5.41) is 0. The number of hydrogen-bond acceptors (Lipinski definition) is 1. The number of rotatable bonds is 2. The Hall–Kier alpha value is -0.980. The molecule has 0 aromatic carbocycles. The molecule has 1 nitrogen and oxygen atoms in total. The molecule has 1 rings (SSSR count). The van der Waals surface area contributed by atoms with E-state index in [0.29, 0.717) is 0 Å². The third-order valence-electron chi connectivity index (χ3n) is 1.54. The lowest BCUT2D eigenvalue weighted by molar-refractivity contribution is 0.252. The molecule has 0 spiro atoms. The molecule has 0 fully saturated rings. The highest BCUT2D eigenvalue weighted by Gasteiger charge is 2.12. The quantitative estimate of drug-likeness (QED) is 0.566. The van der Waals surface area contributed by atoms with Crippen LogP contribution in [0.2, 0.25) is 0 Å². The molecule has 0 saturated heterocycles. The Labute approximate surface area is 61.7 Å². The molecular weight excluding hydrogens is 124 g/mol. The van der Waals surface area contributed by atoms with Crippen LogP contribution in [0.1, 0.15) is 13.3 Å². The van der Waals surface area contributed by atoms with Gasteiger partial charge in [-0.05, 0) is 18.1 Å². The summed E-state index contributed by atoms with van der Waals surface area (Å²) in [6, 6.07) is 0. The first-order valence-electron chi connectivity index (χ1n) is 3.40. The molecule has 0 unspecified atom stereocenters. The van der Waals surface area contributed by atoms with Gasteiger partial charge < -0.3 is 4.74 Å². The van der Waals surface area contributed by atoms with E-state index < -0.39 is 0 Å². The summed E-state index contributed by atoms with van der Waals surface area (Å²) in [5.41, 5.74) is 2.18. The molecule has 1 heteroatoms. The van der Waals surface area contributed by atoms with Crippen LogP contribution in [-0.4, -0.2) is 6.61 Å². The second-order valence-corrected chi connectivity index (χ2v) is 2.44. The third-order valence-corrected chi connectivity index (χ3v) is 1.54. The van der Waals surface area contributed by atoms with Crippen molar-refractivity contribution >= 4 is 0 Å². The SMILES string of the molecule is C=CC1=C(C(=C)C)OCC1. The maximum absolute atomic E-state index is 5.33. The first-order valence-corrected chi connectivity index (χ1v) is 3.40. The van der Waals surface area contributed by atoms with Crippen molar-refractivity contribution in [2.75, 3.05) is 6.61 Å². The Balaban J connectivity index is 2.88. The van der Waals surface area contributed by atoms with Crippen molar-refractivity contribution in [2.45, 2.75) is 13.3 Å². The van der Waals surface area contributed by atoms with Gasteiger partial charge in [0.25, 0.3) is 0 Å². The molecular formula is C9H12O. The number of ether oxygens (including phenoxy) is 1.